The van der Waals surface area contributed by atoms with Crippen LogP contribution < -0.4 is 4.74 Å². The summed E-state index contributed by atoms with van der Waals surface area (Å²) in [5, 5.41) is 14.6. The maximum atomic E-state index is 14.4. The van der Waals surface area contributed by atoms with E-state index in [2.05, 4.69) is 14.5 Å². The molecule has 1 atom stereocenters. The van der Waals surface area contributed by atoms with Crippen LogP contribution in [0, 0.1) is 36.8 Å². The summed E-state index contributed by atoms with van der Waals surface area (Å²) in [5.74, 6) is -1.06. The number of benzene rings is 1. The molecule has 3 aromatic rings. The minimum Gasteiger partial charge on any atom is -0.483 e. The van der Waals surface area contributed by atoms with E-state index in [1.165, 1.54) is 27.5 Å². The molecule has 35 heavy (non-hydrogen) atoms. The fraction of sp³-hybridized carbons (Fsp3) is 0.292. The topological polar surface area (TPSA) is 94.7 Å². The normalized spacial score (nSPS) is 17.4. The Hall–Kier alpha value is -3.91. The summed E-state index contributed by atoms with van der Waals surface area (Å²) in [6.07, 6.45) is 2.73. The summed E-state index contributed by atoms with van der Waals surface area (Å²) in [4.78, 5) is 19.7. The number of aryl methyl sites for hydroxylation is 2. The monoisotopic (exact) mass is 494 g/mol. The maximum Gasteiger partial charge on any atom is 0.341 e. The average molecular weight is 495 g/mol. The second kappa shape index (κ2) is 9.03. The summed E-state index contributed by atoms with van der Waals surface area (Å²) in [6.45, 7) is 4.30. The number of halogens is 2. The van der Waals surface area contributed by atoms with Gasteiger partial charge in [-0.2, -0.15) is 14.7 Å². The van der Waals surface area contributed by atoms with E-state index in [-0.39, 0.29) is 30.4 Å². The predicted octanol–water partition coefficient (Wildman–Crippen LogP) is 4.59. The van der Waals surface area contributed by atoms with Crippen LogP contribution in [0.2, 0.25) is 0 Å². The Bertz CT molecular complexity index is 1360. The molecule has 2 aromatic heterocycles. The third-order valence-electron chi connectivity index (χ3n) is 5.98. The van der Waals surface area contributed by atoms with Gasteiger partial charge in [0.15, 0.2) is 11.6 Å². The lowest BCUT2D eigenvalue weighted by atomic mass is 10.0. The highest BCUT2D eigenvalue weighted by atomic mass is 32.1. The molecule has 2 amide bonds. The number of likely N-dealkylation sites (tertiary alicyclic amines) is 1. The summed E-state index contributed by atoms with van der Waals surface area (Å²) < 4.78 is 38.5. The van der Waals surface area contributed by atoms with E-state index >= 15 is 0 Å². The smallest absolute Gasteiger partial charge is 0.341 e. The van der Waals surface area contributed by atoms with E-state index < -0.39 is 23.8 Å². The summed E-state index contributed by atoms with van der Waals surface area (Å²) in [7, 11) is 0. The molecular formula is C24H20F2N6O2S. The van der Waals surface area contributed by atoms with Crippen LogP contribution in [-0.4, -0.2) is 50.7 Å². The molecule has 0 bridgehead atoms. The van der Waals surface area contributed by atoms with Crippen molar-refractivity contribution in [3.05, 3.63) is 63.8 Å². The molecule has 0 radical (unpaired) electrons. The molecule has 0 spiro atoms. The van der Waals surface area contributed by atoms with E-state index in [4.69, 9.17) is 10.00 Å². The first kappa shape index (κ1) is 22.9. The van der Waals surface area contributed by atoms with Gasteiger partial charge in [0.1, 0.15) is 11.9 Å². The van der Waals surface area contributed by atoms with Crippen LogP contribution in [0.25, 0.3) is 11.3 Å². The van der Waals surface area contributed by atoms with Gasteiger partial charge in [-0.05, 0) is 49.1 Å². The lowest BCUT2D eigenvalue weighted by Gasteiger charge is -2.41. The number of hydrogen-bond acceptors (Lipinski definition) is 7. The van der Waals surface area contributed by atoms with E-state index in [9.17, 15) is 13.6 Å². The lowest BCUT2D eigenvalue weighted by Crippen LogP contribution is -2.58. The molecule has 0 aliphatic carbocycles. The second-order valence-electron chi connectivity index (χ2n) is 8.41. The van der Waals surface area contributed by atoms with E-state index in [1.807, 2.05) is 19.9 Å². The molecule has 178 valence electrons. The van der Waals surface area contributed by atoms with Crippen molar-refractivity contribution in [3.63, 3.8) is 0 Å². The minimum absolute atomic E-state index is 0.0676. The molecule has 2 aliphatic heterocycles. The van der Waals surface area contributed by atoms with Crippen LogP contribution in [0.1, 0.15) is 34.2 Å². The van der Waals surface area contributed by atoms with Gasteiger partial charge >= 0.3 is 6.03 Å². The van der Waals surface area contributed by atoms with Gasteiger partial charge in [-0.15, -0.1) is 0 Å². The van der Waals surface area contributed by atoms with E-state index in [0.717, 1.165) is 28.4 Å². The number of nitriles is 1. The van der Waals surface area contributed by atoms with Crippen molar-refractivity contribution in [1.29, 1.82) is 5.26 Å². The quantitative estimate of drug-likeness (QED) is 0.529. The number of rotatable bonds is 4. The number of carbonyl (C=O) groups is 1. The Morgan fingerprint density at radius 3 is 2.74 bits per heavy atom. The molecule has 2 aliphatic rings. The molecular weight excluding hydrogens is 474 g/mol. The number of amides is 2. The van der Waals surface area contributed by atoms with Crippen LogP contribution in [0.5, 0.6) is 5.75 Å². The van der Waals surface area contributed by atoms with E-state index in [1.54, 1.807) is 18.3 Å². The first-order chi connectivity index (χ1) is 16.8. The van der Waals surface area contributed by atoms with Crippen LogP contribution in [-0.2, 0) is 0 Å². The van der Waals surface area contributed by atoms with Crippen molar-refractivity contribution in [1.82, 2.24) is 19.3 Å². The van der Waals surface area contributed by atoms with Gasteiger partial charge in [0.25, 0.3) is 0 Å². The minimum atomic E-state index is -0.583. The largest absolute Gasteiger partial charge is 0.483 e. The SMILES string of the molecule is Cc1nsc(C)c1-c1cc(OC2CN(C(=O)N3N=CCC3c3cc(F)cc(C#N)c3)C2)c(F)cn1. The summed E-state index contributed by atoms with van der Waals surface area (Å²) in [6, 6.07) is 6.62. The van der Waals surface area contributed by atoms with Gasteiger partial charge in [0.2, 0.25) is 0 Å². The first-order valence-electron chi connectivity index (χ1n) is 10.9. The summed E-state index contributed by atoms with van der Waals surface area (Å²) in [5.41, 5.74) is 2.94. The molecule has 5 rings (SSSR count). The fourth-order valence-electron chi connectivity index (χ4n) is 4.23. The second-order valence-corrected chi connectivity index (χ2v) is 9.38. The van der Waals surface area contributed by atoms with Crippen molar-refractivity contribution >= 4 is 23.8 Å². The molecule has 4 heterocycles. The Morgan fingerprint density at radius 1 is 1.23 bits per heavy atom. The molecule has 1 saturated heterocycles. The third kappa shape index (κ3) is 4.33. The molecule has 1 unspecified atom stereocenters. The average Bonchev–Trinajstić information content (AvgIpc) is 3.43. The highest BCUT2D eigenvalue weighted by Crippen LogP contribution is 2.34. The van der Waals surface area contributed by atoms with Gasteiger partial charge in [0.05, 0.1) is 48.3 Å². The van der Waals surface area contributed by atoms with Crippen molar-refractivity contribution in [2.24, 2.45) is 5.10 Å². The van der Waals surface area contributed by atoms with E-state index in [0.29, 0.717) is 17.7 Å². The summed E-state index contributed by atoms with van der Waals surface area (Å²) >= 11 is 1.36. The van der Waals surface area contributed by atoms with Crippen LogP contribution in [0.15, 0.2) is 35.6 Å². The van der Waals surface area contributed by atoms with Gasteiger partial charge in [-0.3, -0.25) is 4.98 Å². The zero-order valence-corrected chi connectivity index (χ0v) is 19.7. The van der Waals surface area contributed by atoms with Crippen molar-refractivity contribution in [2.75, 3.05) is 13.1 Å². The Labute approximate surface area is 204 Å². The maximum absolute atomic E-state index is 14.4. The first-order valence-corrected chi connectivity index (χ1v) is 11.7. The lowest BCUT2D eigenvalue weighted by molar-refractivity contribution is 0.0257. The number of nitrogens with zero attached hydrogens (tertiary/aromatic N) is 6. The Balaban J connectivity index is 1.25. The molecule has 1 fully saturated rings. The van der Waals surface area contributed by atoms with Gasteiger partial charge < -0.3 is 9.64 Å². The molecule has 1 aromatic carbocycles. The fourth-order valence-corrected chi connectivity index (χ4v) is 4.94. The van der Waals surface area contributed by atoms with Crippen LogP contribution in [0.4, 0.5) is 13.6 Å². The van der Waals surface area contributed by atoms with Crippen molar-refractivity contribution in [3.8, 4) is 23.1 Å². The molecule has 11 heteroatoms. The molecule has 0 N–H and O–H groups in total. The standard InChI is InChI=1S/C24H20F2N6O2S/c1-13-23(14(2)35-30-13)20-8-22(19(26)10-28-20)34-18-11-31(12-18)24(33)32-21(3-4-29-32)16-5-15(9-27)6-17(25)7-16/h4-8,10,18,21H,3,11-12H2,1-2H3. The number of urea groups is 1. The number of pyridine rings is 1. The number of aromatic nitrogens is 2. The number of ether oxygens (including phenoxy) is 1. The van der Waals surface area contributed by atoms with Crippen LogP contribution in [0.3, 0.4) is 0 Å². The Morgan fingerprint density at radius 2 is 2.03 bits per heavy atom. The molecule has 8 nitrogen and oxygen atoms in total. The third-order valence-corrected chi connectivity index (χ3v) is 6.82. The van der Waals surface area contributed by atoms with Crippen molar-refractivity contribution in [2.45, 2.75) is 32.4 Å². The van der Waals surface area contributed by atoms with Crippen LogP contribution >= 0.6 is 11.5 Å². The Kier molecular flexibility index (Phi) is 5.90. The number of carbonyl (C=O) groups excluding carboxylic acids is 1. The van der Waals surface area contributed by atoms with Gasteiger partial charge in [-0.25, -0.2) is 18.6 Å². The molecule has 0 saturated carbocycles. The highest BCUT2D eigenvalue weighted by molar-refractivity contribution is 7.06. The number of hydrazone groups is 1. The predicted molar refractivity (Wildman–Crippen MR) is 125 cm³/mol. The zero-order chi connectivity index (χ0) is 24.7. The van der Waals surface area contributed by atoms with Gasteiger partial charge in [0, 0.05) is 29.1 Å². The highest BCUT2D eigenvalue weighted by Gasteiger charge is 2.39. The van der Waals surface area contributed by atoms with Gasteiger partial charge in [-0.1, -0.05) is 0 Å². The number of hydrogen-bond donors (Lipinski definition) is 0. The zero-order valence-electron chi connectivity index (χ0n) is 18.9. The van der Waals surface area contributed by atoms with Crippen molar-refractivity contribution < 1.29 is 18.3 Å².